The summed E-state index contributed by atoms with van der Waals surface area (Å²) in [6.45, 7) is 2.29. The SMILES string of the molecule is Cc1c(N)cn(Cc2ccnc3ccccc23)c(=O)c1Br. The first-order valence-electron chi connectivity index (χ1n) is 6.55. The summed E-state index contributed by atoms with van der Waals surface area (Å²) in [7, 11) is 0. The van der Waals surface area contributed by atoms with Crippen LogP contribution in [0.5, 0.6) is 0 Å². The van der Waals surface area contributed by atoms with Gasteiger partial charge >= 0.3 is 0 Å². The zero-order chi connectivity index (χ0) is 15.0. The van der Waals surface area contributed by atoms with Gasteiger partial charge in [0.15, 0.2) is 0 Å². The van der Waals surface area contributed by atoms with Crippen LogP contribution in [-0.2, 0) is 6.54 Å². The minimum atomic E-state index is -0.0809. The third-order valence-electron chi connectivity index (χ3n) is 3.59. The average molecular weight is 344 g/mol. The quantitative estimate of drug-likeness (QED) is 0.777. The number of hydrogen-bond donors (Lipinski definition) is 1. The highest BCUT2D eigenvalue weighted by Gasteiger charge is 2.10. The summed E-state index contributed by atoms with van der Waals surface area (Å²) in [6, 6.07) is 9.82. The maximum absolute atomic E-state index is 12.3. The molecule has 0 fully saturated rings. The Balaban J connectivity index is 2.14. The van der Waals surface area contributed by atoms with Crippen LogP contribution in [-0.4, -0.2) is 9.55 Å². The lowest BCUT2D eigenvalue weighted by atomic mass is 10.1. The van der Waals surface area contributed by atoms with Crippen molar-refractivity contribution in [3.8, 4) is 0 Å². The standard InChI is InChI=1S/C16H14BrN3O/c1-10-13(18)9-20(16(21)15(10)17)8-11-6-7-19-14-5-3-2-4-12(11)14/h2-7,9H,8,18H2,1H3. The molecule has 0 amide bonds. The first kappa shape index (κ1) is 13.8. The van der Waals surface area contributed by atoms with E-state index in [2.05, 4.69) is 20.9 Å². The Morgan fingerprint density at radius 2 is 2.05 bits per heavy atom. The Morgan fingerprint density at radius 3 is 2.86 bits per heavy atom. The minimum Gasteiger partial charge on any atom is -0.397 e. The number of nitrogen functional groups attached to an aromatic ring is 1. The van der Waals surface area contributed by atoms with E-state index in [1.165, 1.54) is 0 Å². The van der Waals surface area contributed by atoms with E-state index < -0.39 is 0 Å². The number of halogens is 1. The molecule has 0 unspecified atom stereocenters. The number of nitrogens with zero attached hydrogens (tertiary/aromatic N) is 2. The number of benzene rings is 1. The van der Waals surface area contributed by atoms with E-state index in [-0.39, 0.29) is 5.56 Å². The lowest BCUT2D eigenvalue weighted by Gasteiger charge is -2.12. The Morgan fingerprint density at radius 1 is 1.29 bits per heavy atom. The lowest BCUT2D eigenvalue weighted by molar-refractivity contribution is 0.758. The second-order valence-corrected chi connectivity index (χ2v) is 5.74. The van der Waals surface area contributed by atoms with Crippen molar-refractivity contribution < 1.29 is 0 Å². The minimum absolute atomic E-state index is 0.0809. The Hall–Kier alpha value is -2.14. The normalized spacial score (nSPS) is 11.0. The molecule has 0 radical (unpaired) electrons. The van der Waals surface area contributed by atoms with Gasteiger partial charge in [-0.25, -0.2) is 0 Å². The van der Waals surface area contributed by atoms with Gasteiger partial charge in [0, 0.05) is 17.8 Å². The van der Waals surface area contributed by atoms with Gasteiger partial charge in [0.25, 0.3) is 5.56 Å². The second kappa shape index (κ2) is 5.33. The van der Waals surface area contributed by atoms with Crippen LogP contribution in [0.15, 0.2) is 52.0 Å². The summed E-state index contributed by atoms with van der Waals surface area (Å²) in [5.74, 6) is 0. The lowest BCUT2D eigenvalue weighted by Crippen LogP contribution is -2.23. The summed E-state index contributed by atoms with van der Waals surface area (Å²) >= 11 is 3.32. The Labute approximate surface area is 130 Å². The number of fused-ring (bicyclic) bond motifs is 1. The zero-order valence-corrected chi connectivity index (χ0v) is 13.1. The summed E-state index contributed by atoms with van der Waals surface area (Å²) < 4.78 is 2.13. The van der Waals surface area contributed by atoms with E-state index in [0.29, 0.717) is 16.7 Å². The van der Waals surface area contributed by atoms with Gasteiger partial charge in [0.2, 0.25) is 0 Å². The molecule has 3 aromatic rings. The van der Waals surface area contributed by atoms with Crippen molar-refractivity contribution in [3.05, 3.63) is 68.7 Å². The molecule has 3 rings (SSSR count). The molecule has 21 heavy (non-hydrogen) atoms. The number of nitrogens with two attached hydrogens (primary N) is 1. The van der Waals surface area contributed by atoms with Gasteiger partial charge in [-0.1, -0.05) is 18.2 Å². The number of hydrogen-bond acceptors (Lipinski definition) is 3. The topological polar surface area (TPSA) is 60.9 Å². The first-order valence-corrected chi connectivity index (χ1v) is 7.35. The summed E-state index contributed by atoms with van der Waals surface area (Å²) in [4.78, 5) is 16.7. The third kappa shape index (κ3) is 2.45. The zero-order valence-electron chi connectivity index (χ0n) is 11.5. The van der Waals surface area contributed by atoms with Crippen molar-refractivity contribution in [2.45, 2.75) is 13.5 Å². The predicted molar refractivity (Wildman–Crippen MR) is 88.4 cm³/mol. The van der Waals surface area contributed by atoms with E-state index in [9.17, 15) is 4.79 Å². The number of anilines is 1. The van der Waals surface area contributed by atoms with E-state index >= 15 is 0 Å². The molecule has 5 heteroatoms. The largest absolute Gasteiger partial charge is 0.397 e. The average Bonchev–Trinajstić information content (AvgIpc) is 2.51. The molecule has 0 saturated carbocycles. The molecule has 0 aliphatic heterocycles. The van der Waals surface area contributed by atoms with Gasteiger partial charge in [-0.05, 0) is 46.1 Å². The molecule has 4 nitrogen and oxygen atoms in total. The molecule has 2 heterocycles. The van der Waals surface area contributed by atoms with Crippen molar-refractivity contribution >= 4 is 32.5 Å². The monoisotopic (exact) mass is 343 g/mol. The molecular formula is C16H14BrN3O. The van der Waals surface area contributed by atoms with E-state index in [0.717, 1.165) is 22.0 Å². The van der Waals surface area contributed by atoms with E-state index in [1.54, 1.807) is 17.0 Å². The van der Waals surface area contributed by atoms with Crippen molar-refractivity contribution in [3.63, 3.8) is 0 Å². The number of aromatic nitrogens is 2. The van der Waals surface area contributed by atoms with Gasteiger partial charge < -0.3 is 10.3 Å². The molecule has 1 aromatic carbocycles. The molecule has 2 aromatic heterocycles. The van der Waals surface area contributed by atoms with Crippen molar-refractivity contribution in [1.29, 1.82) is 0 Å². The molecule has 0 spiro atoms. The summed E-state index contributed by atoms with van der Waals surface area (Å²) in [6.07, 6.45) is 3.45. The molecule has 106 valence electrons. The van der Waals surface area contributed by atoms with Gasteiger partial charge in [0.1, 0.15) is 0 Å². The van der Waals surface area contributed by atoms with Crippen molar-refractivity contribution in [2.24, 2.45) is 0 Å². The van der Waals surface area contributed by atoms with Crippen LogP contribution in [0.2, 0.25) is 0 Å². The fourth-order valence-corrected chi connectivity index (χ4v) is 2.79. The summed E-state index contributed by atoms with van der Waals surface area (Å²) in [5, 5.41) is 1.04. The Kier molecular flexibility index (Phi) is 3.51. The summed E-state index contributed by atoms with van der Waals surface area (Å²) in [5.41, 5.74) is 9.20. The highest BCUT2D eigenvalue weighted by Crippen LogP contribution is 2.20. The first-order chi connectivity index (χ1) is 10.1. The van der Waals surface area contributed by atoms with Crippen LogP contribution in [0.4, 0.5) is 5.69 Å². The van der Waals surface area contributed by atoms with Gasteiger partial charge in [0.05, 0.1) is 22.2 Å². The van der Waals surface area contributed by atoms with Gasteiger partial charge in [-0.2, -0.15) is 0 Å². The highest BCUT2D eigenvalue weighted by molar-refractivity contribution is 9.10. The molecule has 0 bridgehead atoms. The van der Waals surface area contributed by atoms with E-state index in [4.69, 9.17) is 5.73 Å². The van der Waals surface area contributed by atoms with Crippen LogP contribution in [0.1, 0.15) is 11.1 Å². The van der Waals surface area contributed by atoms with E-state index in [1.807, 2.05) is 37.3 Å². The molecular weight excluding hydrogens is 330 g/mol. The van der Waals surface area contributed by atoms with Crippen molar-refractivity contribution in [1.82, 2.24) is 9.55 Å². The number of pyridine rings is 2. The van der Waals surface area contributed by atoms with Gasteiger partial charge in [-0.15, -0.1) is 0 Å². The molecule has 0 atom stereocenters. The maximum atomic E-state index is 12.3. The second-order valence-electron chi connectivity index (χ2n) is 4.94. The van der Waals surface area contributed by atoms with Gasteiger partial charge in [-0.3, -0.25) is 9.78 Å². The van der Waals surface area contributed by atoms with Crippen molar-refractivity contribution in [2.75, 3.05) is 5.73 Å². The fourth-order valence-electron chi connectivity index (χ4n) is 2.33. The Bertz CT molecular complexity index is 881. The third-order valence-corrected chi connectivity index (χ3v) is 4.52. The smallest absolute Gasteiger partial charge is 0.265 e. The molecule has 0 saturated heterocycles. The van der Waals surface area contributed by atoms with Crippen LogP contribution in [0.25, 0.3) is 10.9 Å². The van der Waals surface area contributed by atoms with Crippen LogP contribution in [0, 0.1) is 6.92 Å². The predicted octanol–water partition coefficient (Wildman–Crippen LogP) is 3.10. The fraction of sp³-hybridized carbons (Fsp3) is 0.125. The van der Waals surface area contributed by atoms with Crippen LogP contribution >= 0.6 is 15.9 Å². The van der Waals surface area contributed by atoms with Crippen LogP contribution < -0.4 is 11.3 Å². The number of rotatable bonds is 2. The molecule has 2 N–H and O–H groups in total. The molecule has 0 aliphatic carbocycles. The highest BCUT2D eigenvalue weighted by atomic mass is 79.9. The maximum Gasteiger partial charge on any atom is 0.265 e. The van der Waals surface area contributed by atoms with Crippen LogP contribution in [0.3, 0.4) is 0 Å². The molecule has 0 aliphatic rings. The number of para-hydroxylation sites is 1.